The molecule has 0 aromatic heterocycles. The second-order valence-corrected chi connectivity index (χ2v) is 9.03. The van der Waals surface area contributed by atoms with Crippen LogP contribution in [-0.4, -0.2) is 58.3 Å². The maximum Gasteiger partial charge on any atom is 0.309 e. The van der Waals surface area contributed by atoms with E-state index < -0.39 is 42.0 Å². The predicted molar refractivity (Wildman–Crippen MR) is 101 cm³/mol. The Morgan fingerprint density at radius 2 is 1.75 bits per heavy atom. The lowest BCUT2D eigenvalue weighted by molar-refractivity contribution is -0.160. The van der Waals surface area contributed by atoms with Crippen LogP contribution in [0.4, 0.5) is 0 Å². The fourth-order valence-corrected chi connectivity index (χ4v) is 3.98. The summed E-state index contributed by atoms with van der Waals surface area (Å²) in [5.41, 5.74) is -1.23. The highest BCUT2D eigenvalue weighted by Crippen LogP contribution is 2.35. The van der Waals surface area contributed by atoms with Gasteiger partial charge in [0.05, 0.1) is 36.3 Å². The van der Waals surface area contributed by atoms with Crippen molar-refractivity contribution in [2.45, 2.75) is 97.2 Å². The van der Waals surface area contributed by atoms with Crippen molar-refractivity contribution in [2.24, 2.45) is 17.3 Å². The number of hydrogen-bond acceptors (Lipinski definition) is 7. The van der Waals surface area contributed by atoms with Gasteiger partial charge in [0, 0.05) is 12.3 Å². The van der Waals surface area contributed by atoms with Gasteiger partial charge in [-0.25, -0.2) is 0 Å². The van der Waals surface area contributed by atoms with E-state index in [1.807, 2.05) is 6.92 Å². The number of ketones is 2. The molecular formula is C21H34O7. The lowest BCUT2D eigenvalue weighted by atomic mass is 9.73. The Balaban J connectivity index is 2.19. The SMILES string of the molecule is CC(=O)[C@@H]1C[C@@H]2O[C@@H]2CCC[C@H](C)C(O)[C@@H](C)C(=O)C(C)(C)[C@@H](O)CC(=O)O1. The van der Waals surface area contributed by atoms with Gasteiger partial charge in [0.15, 0.2) is 11.9 Å². The van der Waals surface area contributed by atoms with E-state index in [2.05, 4.69) is 0 Å². The summed E-state index contributed by atoms with van der Waals surface area (Å²) in [4.78, 5) is 37.1. The summed E-state index contributed by atoms with van der Waals surface area (Å²) in [6, 6.07) is 0. The third-order valence-corrected chi connectivity index (χ3v) is 6.35. The zero-order valence-electron chi connectivity index (χ0n) is 17.5. The summed E-state index contributed by atoms with van der Waals surface area (Å²) in [6.07, 6.45) is -0.794. The average Bonchev–Trinajstić information content (AvgIpc) is 3.35. The maximum atomic E-state index is 12.9. The molecule has 7 heteroatoms. The van der Waals surface area contributed by atoms with Gasteiger partial charge < -0.3 is 19.7 Å². The van der Waals surface area contributed by atoms with Gasteiger partial charge in [-0.3, -0.25) is 14.4 Å². The molecule has 7 atom stereocenters. The number of carbonyl (C=O) groups excluding carboxylic acids is 3. The number of hydrogen-bond donors (Lipinski definition) is 2. The molecule has 0 radical (unpaired) electrons. The van der Waals surface area contributed by atoms with E-state index in [-0.39, 0.29) is 29.7 Å². The van der Waals surface area contributed by atoms with Crippen molar-refractivity contribution >= 4 is 17.5 Å². The van der Waals surface area contributed by atoms with Crippen LogP contribution in [0.25, 0.3) is 0 Å². The van der Waals surface area contributed by atoms with E-state index in [1.54, 1.807) is 20.8 Å². The van der Waals surface area contributed by atoms with E-state index in [9.17, 15) is 24.6 Å². The van der Waals surface area contributed by atoms with Crippen molar-refractivity contribution in [1.82, 2.24) is 0 Å². The van der Waals surface area contributed by atoms with Crippen LogP contribution in [-0.2, 0) is 23.9 Å². The van der Waals surface area contributed by atoms with Crippen LogP contribution in [0.15, 0.2) is 0 Å². The molecule has 2 aliphatic rings. The Morgan fingerprint density at radius 1 is 1.11 bits per heavy atom. The first kappa shape index (κ1) is 23.0. The molecule has 7 nitrogen and oxygen atoms in total. The predicted octanol–water partition coefficient (Wildman–Crippen LogP) is 1.81. The Morgan fingerprint density at radius 3 is 2.36 bits per heavy atom. The molecule has 28 heavy (non-hydrogen) atoms. The number of cyclic esters (lactones) is 1. The van der Waals surface area contributed by atoms with Gasteiger partial charge in [0.25, 0.3) is 0 Å². The van der Waals surface area contributed by atoms with Crippen LogP contribution in [0.1, 0.15) is 66.7 Å². The number of rotatable bonds is 1. The smallest absolute Gasteiger partial charge is 0.309 e. The highest BCUT2D eigenvalue weighted by molar-refractivity contribution is 5.88. The standard InChI is InChI=1S/C21H34O7/c1-11-7-6-8-14-16(27-14)9-15(13(3)22)28-18(24)10-17(23)21(4,5)20(26)12(2)19(11)25/h11-12,14-17,19,23,25H,6-10H2,1-5H3/t11-,12+,14+,15-,16-,17-,19?/m0/s1. The third kappa shape index (κ3) is 5.39. The fraction of sp³-hybridized carbons (Fsp3) is 0.857. The summed E-state index contributed by atoms with van der Waals surface area (Å²) in [5.74, 6) is -2.03. The van der Waals surface area contributed by atoms with Gasteiger partial charge in [-0.2, -0.15) is 0 Å². The second-order valence-electron chi connectivity index (χ2n) is 9.03. The van der Waals surface area contributed by atoms with E-state index in [4.69, 9.17) is 9.47 Å². The van der Waals surface area contributed by atoms with Crippen LogP contribution in [0, 0.1) is 17.3 Å². The zero-order valence-corrected chi connectivity index (χ0v) is 17.5. The highest BCUT2D eigenvalue weighted by Gasteiger charge is 2.44. The van der Waals surface area contributed by atoms with Crippen molar-refractivity contribution in [3.8, 4) is 0 Å². The Hall–Kier alpha value is -1.31. The second kappa shape index (κ2) is 9.01. The molecular weight excluding hydrogens is 364 g/mol. The molecule has 0 spiro atoms. The maximum absolute atomic E-state index is 12.9. The summed E-state index contributed by atoms with van der Waals surface area (Å²) in [7, 11) is 0. The van der Waals surface area contributed by atoms with E-state index in [0.29, 0.717) is 6.42 Å². The Kier molecular flexibility index (Phi) is 7.39. The molecule has 2 aliphatic heterocycles. The first-order valence-electron chi connectivity index (χ1n) is 10.2. The molecule has 2 N–H and O–H groups in total. The summed E-state index contributed by atoms with van der Waals surface area (Å²) >= 11 is 0. The topological polar surface area (TPSA) is 113 Å². The lowest BCUT2D eigenvalue weighted by Gasteiger charge is -2.34. The van der Waals surface area contributed by atoms with Crippen LogP contribution < -0.4 is 0 Å². The fourth-order valence-electron chi connectivity index (χ4n) is 3.98. The number of Topliss-reactive ketones (excluding diaryl/α,β-unsaturated/α-hetero) is 2. The molecule has 2 saturated heterocycles. The molecule has 0 bridgehead atoms. The average molecular weight is 398 g/mol. The van der Waals surface area contributed by atoms with E-state index >= 15 is 0 Å². The number of aliphatic hydroxyl groups excluding tert-OH is 2. The highest BCUT2D eigenvalue weighted by atomic mass is 16.6. The van der Waals surface area contributed by atoms with Gasteiger partial charge in [-0.1, -0.05) is 34.1 Å². The van der Waals surface area contributed by atoms with Crippen molar-refractivity contribution < 1.29 is 34.1 Å². The first-order valence-corrected chi connectivity index (χ1v) is 10.2. The van der Waals surface area contributed by atoms with E-state index in [0.717, 1.165) is 19.3 Å². The van der Waals surface area contributed by atoms with Gasteiger partial charge >= 0.3 is 5.97 Å². The van der Waals surface area contributed by atoms with Crippen molar-refractivity contribution in [3.63, 3.8) is 0 Å². The summed E-state index contributed by atoms with van der Waals surface area (Å²) < 4.78 is 10.9. The molecule has 0 aromatic carbocycles. The molecule has 0 aliphatic carbocycles. The molecule has 2 rings (SSSR count). The van der Waals surface area contributed by atoms with E-state index in [1.165, 1.54) is 6.92 Å². The minimum atomic E-state index is -1.28. The molecule has 0 aromatic rings. The monoisotopic (exact) mass is 398 g/mol. The normalized spacial score (nSPS) is 40.3. The van der Waals surface area contributed by atoms with Gasteiger partial charge in [-0.15, -0.1) is 0 Å². The van der Waals surface area contributed by atoms with Gasteiger partial charge in [0.1, 0.15) is 5.78 Å². The van der Waals surface area contributed by atoms with Crippen molar-refractivity contribution in [2.75, 3.05) is 0 Å². The summed E-state index contributed by atoms with van der Waals surface area (Å²) in [5, 5.41) is 21.1. The Bertz CT molecular complexity index is 600. The van der Waals surface area contributed by atoms with Gasteiger partial charge in [-0.05, 0) is 25.7 Å². The van der Waals surface area contributed by atoms with Crippen LogP contribution in [0.5, 0.6) is 0 Å². The van der Waals surface area contributed by atoms with Gasteiger partial charge in [0.2, 0.25) is 0 Å². The number of carbonyl (C=O) groups is 3. The molecule has 160 valence electrons. The molecule has 2 fully saturated rings. The van der Waals surface area contributed by atoms with Crippen LogP contribution in [0.2, 0.25) is 0 Å². The minimum absolute atomic E-state index is 0.0291. The number of epoxide rings is 1. The molecule has 1 unspecified atom stereocenters. The minimum Gasteiger partial charge on any atom is -0.454 e. The number of aliphatic hydroxyl groups is 2. The lowest BCUT2D eigenvalue weighted by Crippen LogP contribution is -2.45. The number of esters is 1. The van der Waals surface area contributed by atoms with Crippen LogP contribution >= 0.6 is 0 Å². The van der Waals surface area contributed by atoms with Crippen LogP contribution in [0.3, 0.4) is 0 Å². The first-order chi connectivity index (χ1) is 12.9. The summed E-state index contributed by atoms with van der Waals surface area (Å²) in [6.45, 7) is 8.06. The van der Waals surface area contributed by atoms with Crippen molar-refractivity contribution in [1.29, 1.82) is 0 Å². The molecule has 0 saturated carbocycles. The largest absolute Gasteiger partial charge is 0.454 e. The zero-order chi connectivity index (χ0) is 21.2. The third-order valence-electron chi connectivity index (χ3n) is 6.35. The molecule has 2 heterocycles. The molecule has 0 amide bonds. The quantitative estimate of drug-likeness (QED) is 0.511. The number of fused-ring (bicyclic) bond motifs is 1. The number of ether oxygens (including phenoxy) is 2. The Labute approximate surface area is 166 Å². The van der Waals surface area contributed by atoms with Crippen molar-refractivity contribution in [3.05, 3.63) is 0 Å².